The summed E-state index contributed by atoms with van der Waals surface area (Å²) in [4.78, 5) is 10.9. The fourth-order valence-electron chi connectivity index (χ4n) is 1.23. The summed E-state index contributed by atoms with van der Waals surface area (Å²) >= 11 is 0. The van der Waals surface area contributed by atoms with Crippen molar-refractivity contribution in [2.24, 2.45) is 0 Å². The van der Waals surface area contributed by atoms with Crippen molar-refractivity contribution in [1.29, 1.82) is 0 Å². The molecule has 0 aliphatic heterocycles. The molecule has 0 heterocycles. The summed E-state index contributed by atoms with van der Waals surface area (Å²) < 4.78 is 73.8. The smallest absolute Gasteiger partial charge is 0.321 e. The highest BCUT2D eigenvalue weighted by Gasteiger charge is 2.48. The van der Waals surface area contributed by atoms with Gasteiger partial charge in [0.25, 0.3) is 0 Å². The number of alkyl halides is 4. The Bertz CT molecular complexity index is 615. The van der Waals surface area contributed by atoms with Gasteiger partial charge in [0.2, 0.25) is 10.0 Å². The van der Waals surface area contributed by atoms with Gasteiger partial charge in [-0.15, -0.1) is 0 Å². The van der Waals surface area contributed by atoms with Crippen molar-refractivity contribution in [3.63, 3.8) is 0 Å². The van der Waals surface area contributed by atoms with E-state index in [9.17, 15) is 30.8 Å². The Morgan fingerprint density at radius 1 is 1.19 bits per heavy atom. The van der Waals surface area contributed by atoms with Crippen molar-refractivity contribution in [2.45, 2.75) is 17.2 Å². The first-order valence-electron chi connectivity index (χ1n) is 5.49. The van der Waals surface area contributed by atoms with Gasteiger partial charge in [-0.05, 0) is 24.3 Å². The molecule has 1 aromatic rings. The Labute approximate surface area is 118 Å². The van der Waals surface area contributed by atoms with Crippen molar-refractivity contribution < 1.29 is 30.8 Å². The lowest BCUT2D eigenvalue weighted by atomic mass is 10.3. The molecular formula is C11H12F4N2O3S. The highest BCUT2D eigenvalue weighted by atomic mass is 32.2. The predicted molar refractivity (Wildman–Crippen MR) is 66.9 cm³/mol. The molecule has 118 valence electrons. The first-order chi connectivity index (χ1) is 9.49. The van der Waals surface area contributed by atoms with E-state index in [1.54, 1.807) is 5.32 Å². The summed E-state index contributed by atoms with van der Waals surface area (Å²) in [6, 6.07) is 4.17. The molecule has 0 aromatic heterocycles. The molecule has 1 N–H and O–H groups in total. The van der Waals surface area contributed by atoms with Crippen LogP contribution in [-0.2, 0) is 14.8 Å². The Balaban J connectivity index is 2.93. The molecule has 0 aliphatic carbocycles. The first kappa shape index (κ1) is 17.4. The van der Waals surface area contributed by atoms with Gasteiger partial charge in [-0.2, -0.15) is 8.78 Å². The summed E-state index contributed by atoms with van der Waals surface area (Å²) in [5, 5.41) is 1.59. The van der Waals surface area contributed by atoms with Crippen LogP contribution in [0.4, 0.5) is 23.2 Å². The van der Waals surface area contributed by atoms with E-state index in [1.165, 1.54) is 14.1 Å². The monoisotopic (exact) mass is 328 g/mol. The van der Waals surface area contributed by atoms with E-state index in [1.807, 2.05) is 0 Å². The number of benzene rings is 1. The van der Waals surface area contributed by atoms with Crippen LogP contribution in [-0.4, -0.2) is 45.1 Å². The molecule has 0 aliphatic rings. The molecule has 1 rings (SSSR count). The van der Waals surface area contributed by atoms with Crippen LogP contribution in [0.2, 0.25) is 0 Å². The van der Waals surface area contributed by atoms with Crippen LogP contribution >= 0.6 is 0 Å². The highest BCUT2D eigenvalue weighted by Crippen LogP contribution is 2.25. The number of hydrogen-bond acceptors (Lipinski definition) is 3. The molecule has 21 heavy (non-hydrogen) atoms. The standard InChI is InChI=1S/C11H12F4N2O3S/c1-17(2)21(19,20)8-5-3-7(4-6-8)16-10(18)11(14,15)9(12)13/h3-6,9H,1-2H3,(H,16,18). The summed E-state index contributed by atoms with van der Waals surface area (Å²) in [6.45, 7) is 0. The van der Waals surface area contributed by atoms with Gasteiger partial charge in [-0.1, -0.05) is 0 Å². The molecule has 0 radical (unpaired) electrons. The van der Waals surface area contributed by atoms with Gasteiger partial charge in [-0.3, -0.25) is 4.79 Å². The third kappa shape index (κ3) is 3.70. The number of rotatable bonds is 5. The Hall–Kier alpha value is -1.68. The predicted octanol–water partition coefficient (Wildman–Crippen LogP) is 1.78. The zero-order valence-corrected chi connectivity index (χ0v) is 11.8. The van der Waals surface area contributed by atoms with E-state index in [0.717, 1.165) is 28.6 Å². The molecule has 0 fully saturated rings. The summed E-state index contributed by atoms with van der Waals surface area (Å²) in [6.07, 6.45) is -4.13. The third-order valence-electron chi connectivity index (χ3n) is 2.47. The average Bonchev–Trinajstić information content (AvgIpc) is 2.38. The number of nitrogens with zero attached hydrogens (tertiary/aromatic N) is 1. The first-order valence-corrected chi connectivity index (χ1v) is 6.93. The minimum atomic E-state index is -4.83. The lowest BCUT2D eigenvalue weighted by molar-refractivity contribution is -0.163. The van der Waals surface area contributed by atoms with Crippen LogP contribution in [0.3, 0.4) is 0 Å². The van der Waals surface area contributed by atoms with Gasteiger partial charge < -0.3 is 5.32 Å². The summed E-state index contributed by atoms with van der Waals surface area (Å²) in [7, 11) is -1.11. The zero-order chi connectivity index (χ0) is 16.4. The summed E-state index contributed by atoms with van der Waals surface area (Å²) in [5.74, 6) is -6.99. The molecular weight excluding hydrogens is 316 g/mol. The lowest BCUT2D eigenvalue weighted by Gasteiger charge is -2.15. The number of halogens is 4. The van der Waals surface area contributed by atoms with Crippen molar-refractivity contribution in [1.82, 2.24) is 4.31 Å². The average molecular weight is 328 g/mol. The molecule has 5 nitrogen and oxygen atoms in total. The van der Waals surface area contributed by atoms with E-state index >= 15 is 0 Å². The third-order valence-corrected chi connectivity index (χ3v) is 4.30. The highest BCUT2D eigenvalue weighted by molar-refractivity contribution is 7.89. The second kappa shape index (κ2) is 5.98. The minimum absolute atomic E-state index is 0.133. The van der Waals surface area contributed by atoms with Crippen molar-refractivity contribution in [2.75, 3.05) is 19.4 Å². The quantitative estimate of drug-likeness (QED) is 0.838. The maximum absolute atomic E-state index is 12.7. The largest absolute Gasteiger partial charge is 0.383 e. The van der Waals surface area contributed by atoms with Gasteiger partial charge in [0, 0.05) is 19.8 Å². The normalized spacial score (nSPS) is 12.8. The van der Waals surface area contributed by atoms with Gasteiger partial charge in [-0.25, -0.2) is 21.5 Å². The van der Waals surface area contributed by atoms with Crippen LogP contribution in [0.5, 0.6) is 0 Å². The Morgan fingerprint density at radius 2 is 1.67 bits per heavy atom. The van der Waals surface area contributed by atoms with Gasteiger partial charge in [0.05, 0.1) is 4.90 Å². The number of nitrogens with one attached hydrogen (secondary N) is 1. The number of anilines is 1. The van der Waals surface area contributed by atoms with E-state index < -0.39 is 28.3 Å². The molecule has 1 aromatic carbocycles. The van der Waals surface area contributed by atoms with E-state index in [4.69, 9.17) is 0 Å². The van der Waals surface area contributed by atoms with Crippen molar-refractivity contribution in [3.05, 3.63) is 24.3 Å². The molecule has 0 unspecified atom stereocenters. The number of carbonyl (C=O) groups excluding carboxylic acids is 1. The second-order valence-electron chi connectivity index (χ2n) is 4.19. The fraction of sp³-hybridized carbons (Fsp3) is 0.364. The lowest BCUT2D eigenvalue weighted by Crippen LogP contribution is -2.40. The van der Waals surface area contributed by atoms with Crippen LogP contribution in [0.15, 0.2) is 29.2 Å². The van der Waals surface area contributed by atoms with Crippen molar-refractivity contribution in [3.8, 4) is 0 Å². The Morgan fingerprint density at radius 3 is 2.05 bits per heavy atom. The number of carbonyl (C=O) groups is 1. The topological polar surface area (TPSA) is 66.5 Å². The van der Waals surface area contributed by atoms with Crippen LogP contribution in [0, 0.1) is 0 Å². The molecule has 10 heteroatoms. The Kier molecular flexibility index (Phi) is 4.95. The SMILES string of the molecule is CN(C)S(=O)(=O)c1ccc(NC(=O)C(F)(F)C(F)F)cc1. The van der Waals surface area contributed by atoms with Gasteiger partial charge >= 0.3 is 18.3 Å². The van der Waals surface area contributed by atoms with E-state index in [-0.39, 0.29) is 10.6 Å². The molecule has 1 amide bonds. The van der Waals surface area contributed by atoms with Crippen LogP contribution < -0.4 is 5.32 Å². The molecule has 0 saturated carbocycles. The molecule has 0 atom stereocenters. The molecule has 0 saturated heterocycles. The number of amides is 1. The van der Waals surface area contributed by atoms with Crippen molar-refractivity contribution >= 4 is 21.6 Å². The van der Waals surface area contributed by atoms with E-state index in [2.05, 4.69) is 0 Å². The molecule has 0 spiro atoms. The van der Waals surface area contributed by atoms with E-state index in [0.29, 0.717) is 0 Å². The molecule has 0 bridgehead atoms. The number of hydrogen-bond donors (Lipinski definition) is 1. The van der Waals surface area contributed by atoms with Gasteiger partial charge in [0.15, 0.2) is 0 Å². The van der Waals surface area contributed by atoms with Gasteiger partial charge in [0.1, 0.15) is 0 Å². The summed E-state index contributed by atoms with van der Waals surface area (Å²) in [5.41, 5.74) is -0.224. The maximum Gasteiger partial charge on any atom is 0.383 e. The van der Waals surface area contributed by atoms with Crippen LogP contribution in [0.1, 0.15) is 0 Å². The van der Waals surface area contributed by atoms with Crippen LogP contribution in [0.25, 0.3) is 0 Å². The minimum Gasteiger partial charge on any atom is -0.321 e. The fourth-order valence-corrected chi connectivity index (χ4v) is 2.14. The maximum atomic E-state index is 12.7. The zero-order valence-electron chi connectivity index (χ0n) is 11.0. The second-order valence-corrected chi connectivity index (χ2v) is 6.34. The number of sulfonamides is 1.